The van der Waals surface area contributed by atoms with Gasteiger partial charge in [-0.05, 0) is 64.4 Å². The SMILES string of the molecule is c1ccc2c(c1)Cc1cc3c(cc1-2)c1ccccc1n1c2ccccc2nc31. The van der Waals surface area contributed by atoms with Gasteiger partial charge in [-0.25, -0.2) is 4.98 Å². The van der Waals surface area contributed by atoms with Gasteiger partial charge < -0.3 is 0 Å². The summed E-state index contributed by atoms with van der Waals surface area (Å²) in [5.74, 6) is 0. The fraction of sp³-hybridized carbons (Fsp3) is 0.0385. The van der Waals surface area contributed by atoms with Crippen LogP contribution < -0.4 is 0 Å². The van der Waals surface area contributed by atoms with Gasteiger partial charge in [-0.1, -0.05) is 54.6 Å². The number of aromatic nitrogens is 2. The summed E-state index contributed by atoms with van der Waals surface area (Å²) >= 11 is 0. The molecule has 0 atom stereocenters. The molecule has 0 saturated heterocycles. The zero-order valence-corrected chi connectivity index (χ0v) is 15.2. The van der Waals surface area contributed by atoms with Crippen molar-refractivity contribution in [2.45, 2.75) is 6.42 Å². The Morgan fingerprint density at radius 2 is 1.39 bits per heavy atom. The third-order valence-corrected chi connectivity index (χ3v) is 6.17. The number of rotatable bonds is 0. The third-order valence-electron chi connectivity index (χ3n) is 6.17. The van der Waals surface area contributed by atoms with Crippen LogP contribution in [-0.2, 0) is 6.42 Å². The maximum Gasteiger partial charge on any atom is 0.146 e. The highest BCUT2D eigenvalue weighted by atomic mass is 15.0. The molecule has 0 radical (unpaired) electrons. The minimum Gasteiger partial charge on any atom is -0.292 e. The molecule has 6 aromatic rings. The molecule has 1 aliphatic rings. The van der Waals surface area contributed by atoms with E-state index in [1.807, 2.05) is 0 Å². The zero-order valence-electron chi connectivity index (χ0n) is 15.2. The molecule has 0 spiro atoms. The summed E-state index contributed by atoms with van der Waals surface area (Å²) in [5.41, 5.74) is 10.0. The first-order chi connectivity index (χ1) is 13.9. The van der Waals surface area contributed by atoms with Crippen molar-refractivity contribution in [3.8, 4) is 11.1 Å². The quantitative estimate of drug-likeness (QED) is 0.289. The molecule has 0 aliphatic heterocycles. The number of imidazole rings is 1. The molecule has 0 N–H and O–H groups in total. The summed E-state index contributed by atoms with van der Waals surface area (Å²) < 4.78 is 2.32. The number of para-hydroxylation sites is 3. The Morgan fingerprint density at radius 3 is 2.36 bits per heavy atom. The first kappa shape index (κ1) is 14.4. The van der Waals surface area contributed by atoms with Gasteiger partial charge in [-0.15, -0.1) is 0 Å². The Bertz CT molecular complexity index is 1590. The van der Waals surface area contributed by atoms with E-state index in [-0.39, 0.29) is 0 Å². The van der Waals surface area contributed by atoms with Gasteiger partial charge in [-0.2, -0.15) is 0 Å². The monoisotopic (exact) mass is 356 g/mol. The number of hydrogen-bond donors (Lipinski definition) is 0. The van der Waals surface area contributed by atoms with Crippen molar-refractivity contribution >= 4 is 38.4 Å². The Morgan fingerprint density at radius 1 is 0.607 bits per heavy atom. The summed E-state index contributed by atoms with van der Waals surface area (Å²) in [4.78, 5) is 5.03. The van der Waals surface area contributed by atoms with Gasteiger partial charge in [0, 0.05) is 10.8 Å². The van der Waals surface area contributed by atoms with Gasteiger partial charge in [-0.3, -0.25) is 4.40 Å². The van der Waals surface area contributed by atoms with Gasteiger partial charge >= 0.3 is 0 Å². The maximum absolute atomic E-state index is 5.03. The molecule has 0 amide bonds. The molecule has 0 fully saturated rings. The van der Waals surface area contributed by atoms with E-state index in [0.717, 1.165) is 17.6 Å². The van der Waals surface area contributed by atoms with Crippen molar-refractivity contribution in [3.05, 3.63) is 96.1 Å². The highest BCUT2D eigenvalue weighted by molar-refractivity contribution is 6.15. The van der Waals surface area contributed by atoms with E-state index in [9.17, 15) is 0 Å². The Labute approximate surface area is 161 Å². The molecule has 4 aromatic carbocycles. The van der Waals surface area contributed by atoms with E-state index in [2.05, 4.69) is 89.3 Å². The number of nitrogens with zero attached hydrogens (tertiary/aromatic N) is 2. The number of fused-ring (bicyclic) bond motifs is 11. The van der Waals surface area contributed by atoms with Crippen LogP contribution in [0, 0.1) is 0 Å². The minimum absolute atomic E-state index is 1.00. The summed E-state index contributed by atoms with van der Waals surface area (Å²) in [6.45, 7) is 0. The van der Waals surface area contributed by atoms with Crippen molar-refractivity contribution in [3.63, 3.8) is 0 Å². The highest BCUT2D eigenvalue weighted by Gasteiger charge is 2.21. The largest absolute Gasteiger partial charge is 0.292 e. The average Bonchev–Trinajstić information content (AvgIpc) is 3.31. The van der Waals surface area contributed by atoms with Crippen LogP contribution in [0.2, 0.25) is 0 Å². The maximum atomic E-state index is 5.03. The minimum atomic E-state index is 1.00. The third kappa shape index (κ3) is 1.70. The Kier molecular flexibility index (Phi) is 2.57. The molecule has 28 heavy (non-hydrogen) atoms. The van der Waals surface area contributed by atoms with E-state index in [0.29, 0.717) is 0 Å². The zero-order chi connectivity index (χ0) is 18.2. The number of benzene rings is 4. The lowest BCUT2D eigenvalue weighted by molar-refractivity contribution is 1.26. The van der Waals surface area contributed by atoms with Crippen LogP contribution in [0.25, 0.3) is 49.5 Å². The predicted molar refractivity (Wildman–Crippen MR) is 116 cm³/mol. The van der Waals surface area contributed by atoms with E-state index in [1.165, 1.54) is 49.4 Å². The molecule has 2 aromatic heterocycles. The second-order valence-corrected chi connectivity index (χ2v) is 7.67. The number of hydrogen-bond acceptors (Lipinski definition) is 1. The van der Waals surface area contributed by atoms with Crippen LogP contribution in [0.4, 0.5) is 0 Å². The van der Waals surface area contributed by atoms with Crippen molar-refractivity contribution in [1.29, 1.82) is 0 Å². The van der Waals surface area contributed by atoms with Crippen LogP contribution in [0.1, 0.15) is 11.1 Å². The lowest BCUT2D eigenvalue weighted by Gasteiger charge is -2.11. The summed E-state index contributed by atoms with van der Waals surface area (Å²) in [6, 6.07) is 30.6. The molecular formula is C26H16N2. The lowest BCUT2D eigenvalue weighted by Crippen LogP contribution is -1.92. The molecule has 2 heterocycles. The molecule has 2 nitrogen and oxygen atoms in total. The van der Waals surface area contributed by atoms with Gasteiger partial charge in [0.2, 0.25) is 0 Å². The lowest BCUT2D eigenvalue weighted by atomic mass is 9.98. The summed E-state index contributed by atoms with van der Waals surface area (Å²) in [6.07, 6.45) is 1.00. The first-order valence-corrected chi connectivity index (χ1v) is 9.71. The van der Waals surface area contributed by atoms with Gasteiger partial charge in [0.25, 0.3) is 0 Å². The van der Waals surface area contributed by atoms with E-state index < -0.39 is 0 Å². The summed E-state index contributed by atoms with van der Waals surface area (Å²) in [7, 11) is 0. The second-order valence-electron chi connectivity index (χ2n) is 7.67. The van der Waals surface area contributed by atoms with Crippen molar-refractivity contribution < 1.29 is 0 Å². The van der Waals surface area contributed by atoms with E-state index in [4.69, 9.17) is 4.98 Å². The first-order valence-electron chi connectivity index (χ1n) is 9.71. The topological polar surface area (TPSA) is 17.3 Å². The van der Waals surface area contributed by atoms with Crippen molar-refractivity contribution in [2.75, 3.05) is 0 Å². The van der Waals surface area contributed by atoms with Crippen molar-refractivity contribution in [2.24, 2.45) is 0 Å². The normalized spacial score (nSPS) is 12.9. The smallest absolute Gasteiger partial charge is 0.146 e. The Balaban J connectivity index is 1.74. The number of pyridine rings is 1. The molecule has 1 aliphatic carbocycles. The van der Waals surface area contributed by atoms with Crippen molar-refractivity contribution in [1.82, 2.24) is 9.38 Å². The van der Waals surface area contributed by atoms with E-state index >= 15 is 0 Å². The molecule has 2 heteroatoms. The van der Waals surface area contributed by atoms with Crippen LogP contribution in [-0.4, -0.2) is 9.38 Å². The fourth-order valence-electron chi connectivity index (χ4n) is 4.94. The van der Waals surface area contributed by atoms with Gasteiger partial charge in [0.15, 0.2) is 0 Å². The average molecular weight is 356 g/mol. The van der Waals surface area contributed by atoms with Crippen LogP contribution in [0.3, 0.4) is 0 Å². The molecular weight excluding hydrogens is 340 g/mol. The van der Waals surface area contributed by atoms with Gasteiger partial charge in [0.1, 0.15) is 5.65 Å². The van der Waals surface area contributed by atoms with Crippen LogP contribution in [0.5, 0.6) is 0 Å². The molecule has 0 bridgehead atoms. The van der Waals surface area contributed by atoms with Crippen LogP contribution in [0.15, 0.2) is 84.9 Å². The molecule has 7 rings (SSSR count). The predicted octanol–water partition coefficient (Wildman–Crippen LogP) is 6.37. The highest BCUT2D eigenvalue weighted by Crippen LogP contribution is 2.41. The standard InChI is InChI=1S/C26H16N2/c1-2-8-18-16(7-1)13-17-14-22-21(15-20(17)18)19-9-3-5-11-24(19)28-25-12-6-4-10-23(25)27-26(22)28/h1-12,14-15H,13H2. The van der Waals surface area contributed by atoms with E-state index in [1.54, 1.807) is 0 Å². The molecule has 0 unspecified atom stereocenters. The van der Waals surface area contributed by atoms with Crippen LogP contribution >= 0.6 is 0 Å². The second kappa shape index (κ2) is 4.99. The Hall–Kier alpha value is -3.65. The molecule has 0 saturated carbocycles. The fourth-order valence-corrected chi connectivity index (χ4v) is 4.94. The van der Waals surface area contributed by atoms with Gasteiger partial charge in [0.05, 0.1) is 16.6 Å². The summed E-state index contributed by atoms with van der Waals surface area (Å²) in [5, 5.41) is 3.80. The molecule has 130 valence electrons.